The Balaban J connectivity index is 1.46. The highest BCUT2D eigenvalue weighted by atomic mass is 16.5. The molecule has 2 aromatic rings. The van der Waals surface area contributed by atoms with Gasteiger partial charge in [0.15, 0.2) is 0 Å². The van der Waals surface area contributed by atoms with Crippen molar-refractivity contribution in [2.75, 3.05) is 82.2 Å². The standard InChI is InChI=1S/C28H39N5O5/c1-20-8-11-33(12-9-20)25-7-4-21(18-23(25)27(34)29-10-13-32-14-16-38-17-15-32)30-28(35)31-24-6-5-22(36-2)19-26(24)37-3/h4-7,18-20H,8-17H2,1-3H3,(H,29,34)(H2,30,31,35). The topological polar surface area (TPSA) is 104 Å². The maximum absolute atomic E-state index is 13.3. The molecule has 10 nitrogen and oxygen atoms in total. The van der Waals surface area contributed by atoms with Gasteiger partial charge in [0.25, 0.3) is 5.91 Å². The largest absolute Gasteiger partial charge is 0.497 e. The van der Waals surface area contributed by atoms with E-state index in [2.05, 4.69) is 32.7 Å². The number of hydrogen-bond acceptors (Lipinski definition) is 7. The SMILES string of the molecule is COc1ccc(NC(=O)Nc2ccc(N3CCC(C)CC3)c(C(=O)NCCN3CCOCC3)c2)c(OC)c1. The highest BCUT2D eigenvalue weighted by molar-refractivity contribution is 6.04. The summed E-state index contributed by atoms with van der Waals surface area (Å²) in [7, 11) is 3.10. The van der Waals surface area contributed by atoms with E-state index >= 15 is 0 Å². The number of carbonyl (C=O) groups is 2. The van der Waals surface area contributed by atoms with Crippen LogP contribution in [-0.4, -0.2) is 83.5 Å². The lowest BCUT2D eigenvalue weighted by molar-refractivity contribution is 0.0383. The van der Waals surface area contributed by atoms with Crippen LogP contribution >= 0.6 is 0 Å². The van der Waals surface area contributed by atoms with Gasteiger partial charge in [0.1, 0.15) is 11.5 Å². The smallest absolute Gasteiger partial charge is 0.323 e. The van der Waals surface area contributed by atoms with Gasteiger partial charge in [-0.1, -0.05) is 6.92 Å². The quantitative estimate of drug-likeness (QED) is 0.459. The number of nitrogens with one attached hydrogen (secondary N) is 3. The summed E-state index contributed by atoms with van der Waals surface area (Å²) in [6, 6.07) is 10.2. The molecule has 0 spiro atoms. The van der Waals surface area contributed by atoms with Crippen molar-refractivity contribution in [3.8, 4) is 11.5 Å². The molecule has 10 heteroatoms. The Labute approximate surface area is 224 Å². The van der Waals surface area contributed by atoms with Crippen molar-refractivity contribution in [2.45, 2.75) is 19.8 Å². The molecule has 0 saturated carbocycles. The molecular weight excluding hydrogens is 486 g/mol. The molecule has 206 valence electrons. The summed E-state index contributed by atoms with van der Waals surface area (Å²) in [5, 5.41) is 8.74. The Bertz CT molecular complexity index is 1100. The molecule has 0 aromatic heterocycles. The molecule has 2 aromatic carbocycles. The summed E-state index contributed by atoms with van der Waals surface area (Å²) in [6.07, 6.45) is 2.17. The van der Waals surface area contributed by atoms with Gasteiger partial charge >= 0.3 is 6.03 Å². The molecule has 0 aliphatic carbocycles. The third-order valence-electron chi connectivity index (χ3n) is 7.10. The predicted octanol–water partition coefficient (Wildman–Crippen LogP) is 3.65. The van der Waals surface area contributed by atoms with E-state index in [0.717, 1.165) is 64.5 Å². The minimum Gasteiger partial charge on any atom is -0.497 e. The lowest BCUT2D eigenvalue weighted by atomic mass is 9.98. The molecule has 2 saturated heterocycles. The van der Waals surface area contributed by atoms with Gasteiger partial charge in [-0.2, -0.15) is 0 Å². The summed E-state index contributed by atoms with van der Waals surface area (Å²) in [5.74, 6) is 1.64. The van der Waals surface area contributed by atoms with Crippen molar-refractivity contribution < 1.29 is 23.8 Å². The zero-order chi connectivity index (χ0) is 26.9. The van der Waals surface area contributed by atoms with Crippen LogP contribution in [0, 0.1) is 5.92 Å². The van der Waals surface area contributed by atoms with Gasteiger partial charge in [-0.3, -0.25) is 9.69 Å². The summed E-state index contributed by atoms with van der Waals surface area (Å²) >= 11 is 0. The monoisotopic (exact) mass is 525 g/mol. The fraction of sp³-hybridized carbons (Fsp3) is 0.500. The maximum atomic E-state index is 13.3. The highest BCUT2D eigenvalue weighted by Gasteiger charge is 2.22. The van der Waals surface area contributed by atoms with Crippen molar-refractivity contribution >= 4 is 29.0 Å². The average molecular weight is 526 g/mol. The van der Waals surface area contributed by atoms with Crippen LogP contribution in [0.1, 0.15) is 30.1 Å². The zero-order valence-corrected chi connectivity index (χ0v) is 22.5. The molecule has 0 atom stereocenters. The molecule has 0 bridgehead atoms. The molecule has 2 aliphatic rings. The van der Waals surface area contributed by atoms with Gasteiger partial charge < -0.3 is 35.1 Å². The van der Waals surface area contributed by atoms with E-state index in [1.807, 2.05) is 12.1 Å². The van der Waals surface area contributed by atoms with E-state index < -0.39 is 6.03 Å². The van der Waals surface area contributed by atoms with E-state index in [9.17, 15) is 9.59 Å². The fourth-order valence-electron chi connectivity index (χ4n) is 4.75. The lowest BCUT2D eigenvalue weighted by Gasteiger charge is -2.33. The molecule has 2 heterocycles. The molecule has 3 amide bonds. The predicted molar refractivity (Wildman–Crippen MR) is 149 cm³/mol. The number of piperidine rings is 1. The number of methoxy groups -OCH3 is 2. The van der Waals surface area contributed by atoms with Gasteiger partial charge in [0.05, 0.1) is 38.7 Å². The summed E-state index contributed by atoms with van der Waals surface area (Å²) in [4.78, 5) is 30.7. The molecule has 0 radical (unpaired) electrons. The van der Waals surface area contributed by atoms with Crippen LogP contribution < -0.4 is 30.3 Å². The number of amides is 3. The minimum atomic E-state index is -0.438. The number of hydrogen-bond donors (Lipinski definition) is 3. The molecule has 0 unspecified atom stereocenters. The first-order valence-electron chi connectivity index (χ1n) is 13.2. The van der Waals surface area contributed by atoms with Gasteiger partial charge in [0.2, 0.25) is 0 Å². The van der Waals surface area contributed by atoms with E-state index in [4.69, 9.17) is 14.2 Å². The Morgan fingerprint density at radius 1 is 0.974 bits per heavy atom. The summed E-state index contributed by atoms with van der Waals surface area (Å²) in [6.45, 7) is 8.59. The van der Waals surface area contributed by atoms with Gasteiger partial charge in [0, 0.05) is 56.7 Å². The Kier molecular flexibility index (Phi) is 9.67. The molecule has 4 rings (SSSR count). The lowest BCUT2D eigenvalue weighted by Crippen LogP contribution is -2.41. The second kappa shape index (κ2) is 13.3. The van der Waals surface area contributed by atoms with Crippen LogP contribution in [0.25, 0.3) is 0 Å². The van der Waals surface area contributed by atoms with Crippen molar-refractivity contribution in [1.29, 1.82) is 0 Å². The summed E-state index contributed by atoms with van der Waals surface area (Å²) < 4.78 is 16.0. The molecular formula is C28H39N5O5. The van der Waals surface area contributed by atoms with E-state index in [1.54, 1.807) is 31.4 Å². The number of ether oxygens (including phenoxy) is 3. The molecule has 2 fully saturated rings. The normalized spacial score (nSPS) is 16.6. The van der Waals surface area contributed by atoms with Crippen molar-refractivity contribution in [1.82, 2.24) is 10.2 Å². The van der Waals surface area contributed by atoms with Crippen molar-refractivity contribution in [3.63, 3.8) is 0 Å². The minimum absolute atomic E-state index is 0.146. The first kappa shape index (κ1) is 27.5. The number of morpholine rings is 1. The summed E-state index contributed by atoms with van der Waals surface area (Å²) in [5.41, 5.74) is 2.48. The zero-order valence-electron chi connectivity index (χ0n) is 22.5. The van der Waals surface area contributed by atoms with Gasteiger partial charge in [-0.25, -0.2) is 4.79 Å². The third-order valence-corrected chi connectivity index (χ3v) is 7.10. The highest BCUT2D eigenvalue weighted by Crippen LogP contribution is 2.31. The Morgan fingerprint density at radius 3 is 2.45 bits per heavy atom. The van der Waals surface area contributed by atoms with Crippen LogP contribution in [0.15, 0.2) is 36.4 Å². The van der Waals surface area contributed by atoms with Crippen LogP contribution in [0.5, 0.6) is 11.5 Å². The number of nitrogens with zero attached hydrogens (tertiary/aromatic N) is 2. The number of anilines is 3. The number of carbonyl (C=O) groups excluding carboxylic acids is 2. The Morgan fingerprint density at radius 2 is 1.74 bits per heavy atom. The second-order valence-electron chi connectivity index (χ2n) is 9.76. The average Bonchev–Trinajstić information content (AvgIpc) is 2.94. The van der Waals surface area contributed by atoms with Crippen LogP contribution in [0.4, 0.5) is 21.9 Å². The van der Waals surface area contributed by atoms with Crippen molar-refractivity contribution in [3.05, 3.63) is 42.0 Å². The maximum Gasteiger partial charge on any atom is 0.323 e. The number of rotatable bonds is 9. The van der Waals surface area contributed by atoms with Crippen LogP contribution in [0.2, 0.25) is 0 Å². The number of benzene rings is 2. The fourth-order valence-corrected chi connectivity index (χ4v) is 4.75. The van der Waals surface area contributed by atoms with E-state index in [0.29, 0.717) is 40.9 Å². The molecule has 2 aliphatic heterocycles. The second-order valence-corrected chi connectivity index (χ2v) is 9.76. The Hall–Kier alpha value is -3.50. The first-order chi connectivity index (χ1) is 18.5. The number of urea groups is 1. The molecule has 38 heavy (non-hydrogen) atoms. The van der Waals surface area contributed by atoms with Crippen LogP contribution in [-0.2, 0) is 4.74 Å². The van der Waals surface area contributed by atoms with E-state index in [-0.39, 0.29) is 5.91 Å². The van der Waals surface area contributed by atoms with Gasteiger partial charge in [-0.15, -0.1) is 0 Å². The van der Waals surface area contributed by atoms with Gasteiger partial charge in [-0.05, 0) is 49.1 Å². The molecule has 3 N–H and O–H groups in total. The van der Waals surface area contributed by atoms with Crippen molar-refractivity contribution in [2.24, 2.45) is 5.92 Å². The first-order valence-corrected chi connectivity index (χ1v) is 13.2. The van der Waals surface area contributed by atoms with E-state index in [1.165, 1.54) is 7.11 Å². The third kappa shape index (κ3) is 7.29. The van der Waals surface area contributed by atoms with Crippen LogP contribution in [0.3, 0.4) is 0 Å².